The highest BCUT2D eigenvalue weighted by Crippen LogP contribution is 2.63. The SMILES string of the molecule is C1=CNC(c2cc(-c3ccccc3)c3ccc(-c4ccc5cc(-c6cccc7c6-c6ccccc6C76c7ccccc7-c7ccccc76)ccc5c4)cc3n2)C=C1. The minimum Gasteiger partial charge on any atom is -0.379 e. The Morgan fingerprint density at radius 2 is 1.02 bits per heavy atom. The molecule has 266 valence electrons. The zero-order valence-corrected chi connectivity index (χ0v) is 31.2. The van der Waals surface area contributed by atoms with E-state index in [1.165, 1.54) is 83.1 Å². The minimum atomic E-state index is -0.348. The molecule has 2 nitrogen and oxygen atoms in total. The van der Waals surface area contributed by atoms with Gasteiger partial charge in [-0.1, -0.05) is 170 Å². The van der Waals surface area contributed by atoms with Crippen LogP contribution in [0.4, 0.5) is 0 Å². The molecule has 0 saturated heterocycles. The molecule has 1 aliphatic heterocycles. The van der Waals surface area contributed by atoms with Gasteiger partial charge in [0.15, 0.2) is 0 Å². The summed E-state index contributed by atoms with van der Waals surface area (Å²) in [7, 11) is 0. The molecule has 0 fully saturated rings. The van der Waals surface area contributed by atoms with Crippen molar-refractivity contribution in [2.45, 2.75) is 11.5 Å². The van der Waals surface area contributed by atoms with Crippen molar-refractivity contribution < 1.29 is 0 Å². The van der Waals surface area contributed by atoms with Gasteiger partial charge < -0.3 is 5.32 Å². The summed E-state index contributed by atoms with van der Waals surface area (Å²) in [6, 6.07) is 67.5. The van der Waals surface area contributed by atoms with Crippen LogP contribution in [0.25, 0.3) is 77.3 Å². The molecule has 12 rings (SSSR count). The van der Waals surface area contributed by atoms with Crippen molar-refractivity contribution in [3.05, 3.63) is 234 Å². The second kappa shape index (κ2) is 12.4. The van der Waals surface area contributed by atoms with Crippen LogP contribution in [-0.4, -0.2) is 4.98 Å². The van der Waals surface area contributed by atoms with Gasteiger partial charge in [0.1, 0.15) is 0 Å². The van der Waals surface area contributed by atoms with Crippen LogP contribution in [0.1, 0.15) is 34.0 Å². The molecule has 2 aliphatic carbocycles. The average molecular weight is 725 g/mol. The summed E-state index contributed by atoms with van der Waals surface area (Å²) >= 11 is 0. The Labute approximate surface area is 332 Å². The number of hydrogen-bond donors (Lipinski definition) is 1. The maximum absolute atomic E-state index is 5.23. The zero-order valence-electron chi connectivity index (χ0n) is 31.2. The van der Waals surface area contributed by atoms with Crippen LogP contribution in [0.2, 0.25) is 0 Å². The molecule has 1 spiro atoms. The number of nitrogens with zero attached hydrogens (tertiary/aromatic N) is 1. The molecule has 1 N–H and O–H groups in total. The fourth-order valence-electron chi connectivity index (χ4n) is 10.1. The number of nitrogens with one attached hydrogen (secondary N) is 1. The number of rotatable bonds is 4. The Kier molecular flexibility index (Phi) is 6.94. The highest BCUT2D eigenvalue weighted by molar-refractivity contribution is 6.02. The van der Waals surface area contributed by atoms with Gasteiger partial charge in [0.05, 0.1) is 22.7 Å². The van der Waals surface area contributed by atoms with Crippen molar-refractivity contribution in [2.75, 3.05) is 0 Å². The monoisotopic (exact) mass is 724 g/mol. The number of aromatic nitrogens is 1. The molecule has 2 heterocycles. The molecule has 9 aromatic rings. The lowest BCUT2D eigenvalue weighted by Gasteiger charge is -2.30. The van der Waals surface area contributed by atoms with Crippen molar-refractivity contribution in [3.8, 4) is 55.6 Å². The third-order valence-electron chi connectivity index (χ3n) is 12.5. The van der Waals surface area contributed by atoms with Crippen LogP contribution >= 0.6 is 0 Å². The molecule has 1 atom stereocenters. The van der Waals surface area contributed by atoms with Crippen LogP contribution < -0.4 is 5.32 Å². The molecular weight excluding hydrogens is 689 g/mol. The van der Waals surface area contributed by atoms with E-state index in [2.05, 4.69) is 199 Å². The van der Waals surface area contributed by atoms with Crippen LogP contribution in [0.3, 0.4) is 0 Å². The number of fused-ring (bicyclic) bond motifs is 12. The molecule has 1 unspecified atom stereocenters. The van der Waals surface area contributed by atoms with Crippen LogP contribution in [0, 0.1) is 0 Å². The normalized spacial score (nSPS) is 15.3. The zero-order chi connectivity index (χ0) is 37.5. The first-order chi connectivity index (χ1) is 28.3. The summed E-state index contributed by atoms with van der Waals surface area (Å²) in [5.41, 5.74) is 19.7. The fraction of sp³-hybridized carbons (Fsp3) is 0.0364. The number of dihydropyridines is 1. The van der Waals surface area contributed by atoms with E-state index in [-0.39, 0.29) is 11.5 Å². The van der Waals surface area contributed by atoms with Gasteiger partial charge in [-0.25, -0.2) is 0 Å². The Balaban J connectivity index is 0.970. The van der Waals surface area contributed by atoms with E-state index in [4.69, 9.17) is 4.98 Å². The Hall–Kier alpha value is -7.29. The maximum Gasteiger partial charge on any atom is 0.0869 e. The van der Waals surface area contributed by atoms with Gasteiger partial charge in [0.25, 0.3) is 0 Å². The van der Waals surface area contributed by atoms with Gasteiger partial charge in [0, 0.05) is 5.39 Å². The fourth-order valence-corrected chi connectivity index (χ4v) is 10.1. The first-order valence-electron chi connectivity index (χ1n) is 19.8. The Morgan fingerprint density at radius 1 is 0.421 bits per heavy atom. The van der Waals surface area contributed by atoms with Crippen molar-refractivity contribution in [3.63, 3.8) is 0 Å². The van der Waals surface area contributed by atoms with E-state index in [0.29, 0.717) is 0 Å². The second-order valence-electron chi connectivity index (χ2n) is 15.5. The van der Waals surface area contributed by atoms with Crippen LogP contribution in [0.5, 0.6) is 0 Å². The molecule has 1 aromatic heterocycles. The quantitative estimate of drug-likeness (QED) is 0.195. The lowest BCUT2D eigenvalue weighted by atomic mass is 9.70. The van der Waals surface area contributed by atoms with Crippen molar-refractivity contribution in [1.82, 2.24) is 10.3 Å². The summed E-state index contributed by atoms with van der Waals surface area (Å²) in [4.78, 5) is 5.23. The van der Waals surface area contributed by atoms with E-state index >= 15 is 0 Å². The van der Waals surface area contributed by atoms with Crippen LogP contribution in [-0.2, 0) is 5.41 Å². The van der Waals surface area contributed by atoms with Crippen molar-refractivity contribution in [2.24, 2.45) is 0 Å². The highest BCUT2D eigenvalue weighted by atomic mass is 14.9. The molecule has 0 amide bonds. The summed E-state index contributed by atoms with van der Waals surface area (Å²) in [6.45, 7) is 0. The standard InChI is InChI=1S/C55H36N2/c1-2-13-35(14-3-1)46-34-53(51-23-10-11-30-56-51)57-52-33-39(28-29-44(46)52)37-24-25-38-32-40(27-26-36(38)31-37)41-18-12-22-50-54(41)45-17-6-9-21-49(45)55(50)47-19-7-4-15-42(47)43-16-5-8-20-48(43)55/h1-34,51,56H. The number of allylic oxidation sites excluding steroid dienone is 2. The Morgan fingerprint density at radius 3 is 1.75 bits per heavy atom. The van der Waals surface area contributed by atoms with Crippen molar-refractivity contribution >= 4 is 21.7 Å². The molecule has 3 aliphatic rings. The van der Waals surface area contributed by atoms with E-state index in [1.807, 2.05) is 12.3 Å². The van der Waals surface area contributed by atoms with Gasteiger partial charge in [-0.2, -0.15) is 0 Å². The van der Waals surface area contributed by atoms with Crippen molar-refractivity contribution in [1.29, 1.82) is 0 Å². The highest BCUT2D eigenvalue weighted by Gasteiger charge is 2.51. The molecule has 57 heavy (non-hydrogen) atoms. The first kappa shape index (κ1) is 32.0. The third-order valence-corrected chi connectivity index (χ3v) is 12.5. The predicted molar refractivity (Wildman–Crippen MR) is 236 cm³/mol. The second-order valence-corrected chi connectivity index (χ2v) is 15.5. The number of pyridine rings is 1. The van der Waals surface area contributed by atoms with E-state index in [9.17, 15) is 0 Å². The van der Waals surface area contributed by atoms with E-state index < -0.39 is 0 Å². The summed E-state index contributed by atoms with van der Waals surface area (Å²) in [6.07, 6.45) is 8.26. The molecular formula is C55H36N2. The first-order valence-corrected chi connectivity index (χ1v) is 19.8. The largest absolute Gasteiger partial charge is 0.379 e. The van der Waals surface area contributed by atoms with Crippen LogP contribution in [0.15, 0.2) is 206 Å². The van der Waals surface area contributed by atoms with Gasteiger partial charge in [-0.05, 0) is 125 Å². The van der Waals surface area contributed by atoms with E-state index in [1.54, 1.807) is 0 Å². The number of hydrogen-bond acceptors (Lipinski definition) is 2. The molecule has 0 saturated carbocycles. The van der Waals surface area contributed by atoms with Gasteiger partial charge in [0.2, 0.25) is 0 Å². The summed E-state index contributed by atoms with van der Waals surface area (Å²) in [5, 5.41) is 7.06. The molecule has 0 radical (unpaired) electrons. The van der Waals surface area contributed by atoms with Gasteiger partial charge in [-0.3, -0.25) is 4.98 Å². The van der Waals surface area contributed by atoms with Gasteiger partial charge in [-0.15, -0.1) is 0 Å². The maximum atomic E-state index is 5.23. The minimum absolute atomic E-state index is 0.0232. The Bertz CT molecular complexity index is 3120. The average Bonchev–Trinajstić information content (AvgIpc) is 3.76. The summed E-state index contributed by atoms with van der Waals surface area (Å²) < 4.78 is 0. The lowest BCUT2D eigenvalue weighted by Crippen LogP contribution is -2.25. The predicted octanol–water partition coefficient (Wildman–Crippen LogP) is 13.4. The molecule has 2 heteroatoms. The third kappa shape index (κ3) is 4.68. The number of benzene rings is 8. The van der Waals surface area contributed by atoms with E-state index in [0.717, 1.165) is 22.2 Å². The topological polar surface area (TPSA) is 24.9 Å². The van der Waals surface area contributed by atoms with Gasteiger partial charge >= 0.3 is 0 Å². The summed E-state index contributed by atoms with van der Waals surface area (Å²) in [5.74, 6) is 0. The lowest BCUT2D eigenvalue weighted by molar-refractivity contribution is 0.725. The molecule has 0 bridgehead atoms. The molecule has 8 aromatic carbocycles. The smallest absolute Gasteiger partial charge is 0.0869 e.